The van der Waals surface area contributed by atoms with Gasteiger partial charge in [0.2, 0.25) is 0 Å². The van der Waals surface area contributed by atoms with E-state index in [1.54, 1.807) is 12.1 Å². The monoisotopic (exact) mass is 380 g/mol. The summed E-state index contributed by atoms with van der Waals surface area (Å²) in [7, 11) is 0. The van der Waals surface area contributed by atoms with Crippen LogP contribution in [0.2, 0.25) is 0 Å². The van der Waals surface area contributed by atoms with E-state index in [2.05, 4.69) is 5.32 Å². The number of halogens is 3. The van der Waals surface area contributed by atoms with E-state index in [4.69, 9.17) is 0 Å². The van der Waals surface area contributed by atoms with E-state index in [1.165, 1.54) is 17.0 Å². The predicted octanol–water partition coefficient (Wildman–Crippen LogP) is 6.56. The first kappa shape index (κ1) is 17.9. The number of rotatable bonds is 1. The van der Waals surface area contributed by atoms with Gasteiger partial charge in [0.25, 0.3) is 0 Å². The highest BCUT2D eigenvalue weighted by Gasteiger charge is 2.31. The van der Waals surface area contributed by atoms with Gasteiger partial charge in [-0.1, -0.05) is 54.6 Å². The molecule has 6 heteroatoms. The van der Waals surface area contributed by atoms with Crippen LogP contribution in [-0.4, -0.2) is 6.03 Å². The van der Waals surface area contributed by atoms with Gasteiger partial charge in [-0.15, -0.1) is 0 Å². The molecule has 0 bridgehead atoms. The second kappa shape index (κ2) is 6.88. The zero-order valence-corrected chi connectivity index (χ0v) is 14.6. The number of anilines is 3. The minimum atomic E-state index is -4.48. The van der Waals surface area contributed by atoms with Gasteiger partial charge in [-0.2, -0.15) is 13.2 Å². The maximum Gasteiger partial charge on any atom is 0.416 e. The van der Waals surface area contributed by atoms with Crippen LogP contribution in [0.15, 0.2) is 72.8 Å². The van der Waals surface area contributed by atoms with Crippen molar-refractivity contribution in [3.63, 3.8) is 0 Å². The van der Waals surface area contributed by atoms with E-state index in [-0.39, 0.29) is 5.69 Å². The molecule has 0 fully saturated rings. The molecule has 0 aliphatic carbocycles. The van der Waals surface area contributed by atoms with Gasteiger partial charge >= 0.3 is 12.2 Å². The number of para-hydroxylation sites is 2. The highest BCUT2D eigenvalue weighted by molar-refractivity contribution is 6.10. The minimum Gasteiger partial charge on any atom is -0.307 e. The number of amides is 2. The molecule has 0 saturated heterocycles. The number of carbonyl (C=O) groups is 1. The van der Waals surface area contributed by atoms with Crippen LogP contribution in [0.3, 0.4) is 0 Å². The number of hydrogen-bond acceptors (Lipinski definition) is 1. The Hall–Kier alpha value is -3.54. The van der Waals surface area contributed by atoms with E-state index in [0.717, 1.165) is 23.3 Å². The molecule has 0 saturated carbocycles. The Morgan fingerprint density at radius 3 is 1.93 bits per heavy atom. The van der Waals surface area contributed by atoms with Gasteiger partial charge in [-0.05, 0) is 41.5 Å². The molecular weight excluding hydrogens is 365 g/mol. The molecular formula is C22H15F3N2O. The molecule has 28 heavy (non-hydrogen) atoms. The Kier molecular flexibility index (Phi) is 4.39. The van der Waals surface area contributed by atoms with E-state index in [1.807, 2.05) is 48.6 Å². The van der Waals surface area contributed by atoms with Crippen LogP contribution in [0.25, 0.3) is 12.2 Å². The summed E-state index contributed by atoms with van der Waals surface area (Å²) in [5, 5.41) is 2.59. The first-order valence-corrected chi connectivity index (χ1v) is 8.58. The summed E-state index contributed by atoms with van der Waals surface area (Å²) in [5.74, 6) is 0. The van der Waals surface area contributed by atoms with Crippen molar-refractivity contribution in [3.8, 4) is 0 Å². The van der Waals surface area contributed by atoms with Crippen molar-refractivity contribution in [2.75, 3.05) is 10.2 Å². The van der Waals surface area contributed by atoms with Gasteiger partial charge in [0.05, 0.1) is 16.9 Å². The first-order valence-electron chi connectivity index (χ1n) is 8.58. The third kappa shape index (κ3) is 3.36. The zero-order valence-electron chi connectivity index (χ0n) is 14.6. The van der Waals surface area contributed by atoms with E-state index in [9.17, 15) is 18.0 Å². The number of benzene rings is 3. The molecule has 1 N–H and O–H groups in total. The van der Waals surface area contributed by atoms with Gasteiger partial charge in [-0.3, -0.25) is 4.90 Å². The average Bonchev–Trinajstić information content (AvgIpc) is 2.84. The molecule has 3 aromatic rings. The van der Waals surface area contributed by atoms with Crippen molar-refractivity contribution in [2.45, 2.75) is 6.18 Å². The van der Waals surface area contributed by atoms with Crippen molar-refractivity contribution in [3.05, 3.63) is 89.5 Å². The fourth-order valence-electron chi connectivity index (χ4n) is 3.14. The SMILES string of the molecule is O=C(Nc1cccc(C(F)(F)F)c1)N1c2ccccc2C=Cc2ccccc21. The van der Waals surface area contributed by atoms with Gasteiger partial charge in [0.15, 0.2) is 0 Å². The standard InChI is InChI=1S/C22H15F3N2O/c23-22(24,25)17-8-5-9-18(14-17)26-21(28)27-19-10-3-1-6-15(19)12-13-16-7-2-4-11-20(16)27/h1-14H,(H,26,28). The molecule has 3 nitrogen and oxygen atoms in total. The van der Waals surface area contributed by atoms with Crippen LogP contribution in [0.5, 0.6) is 0 Å². The lowest BCUT2D eigenvalue weighted by Gasteiger charge is -2.25. The molecule has 0 radical (unpaired) electrons. The maximum atomic E-state index is 13.1. The smallest absolute Gasteiger partial charge is 0.307 e. The minimum absolute atomic E-state index is 0.0759. The molecule has 140 valence electrons. The van der Waals surface area contributed by atoms with E-state index >= 15 is 0 Å². The van der Waals surface area contributed by atoms with Crippen LogP contribution in [0, 0.1) is 0 Å². The van der Waals surface area contributed by atoms with Crippen molar-refractivity contribution < 1.29 is 18.0 Å². The average molecular weight is 380 g/mol. The molecule has 0 spiro atoms. The quantitative estimate of drug-likeness (QED) is 0.509. The summed E-state index contributed by atoms with van der Waals surface area (Å²) in [4.78, 5) is 14.6. The van der Waals surface area contributed by atoms with Gasteiger partial charge in [0.1, 0.15) is 0 Å². The summed E-state index contributed by atoms with van der Waals surface area (Å²) in [5.41, 5.74) is 2.22. The lowest BCUT2D eigenvalue weighted by Crippen LogP contribution is -2.31. The topological polar surface area (TPSA) is 32.3 Å². The largest absolute Gasteiger partial charge is 0.416 e. The molecule has 1 aliphatic rings. The highest BCUT2D eigenvalue weighted by atomic mass is 19.4. The summed E-state index contributed by atoms with van der Waals surface area (Å²) in [6.45, 7) is 0. The second-order valence-corrected chi connectivity index (χ2v) is 6.30. The zero-order chi connectivity index (χ0) is 19.7. The molecule has 0 aromatic heterocycles. The van der Waals surface area contributed by atoms with Gasteiger partial charge in [0, 0.05) is 5.69 Å². The van der Waals surface area contributed by atoms with E-state index in [0.29, 0.717) is 11.4 Å². The summed E-state index contributed by atoms with van der Waals surface area (Å²) in [6, 6.07) is 18.8. The Morgan fingerprint density at radius 2 is 1.36 bits per heavy atom. The van der Waals surface area contributed by atoms with E-state index < -0.39 is 17.8 Å². The van der Waals surface area contributed by atoms with Gasteiger partial charge < -0.3 is 5.32 Å². The first-order chi connectivity index (χ1) is 13.4. The highest BCUT2D eigenvalue weighted by Crippen LogP contribution is 2.37. The normalized spacial score (nSPS) is 12.8. The molecule has 2 amide bonds. The lowest BCUT2D eigenvalue weighted by molar-refractivity contribution is -0.137. The second-order valence-electron chi connectivity index (χ2n) is 6.30. The maximum absolute atomic E-state index is 13.1. The summed E-state index contributed by atoms with van der Waals surface area (Å²) >= 11 is 0. The van der Waals surface area contributed by atoms with Crippen LogP contribution < -0.4 is 10.2 Å². The number of hydrogen-bond donors (Lipinski definition) is 1. The Balaban J connectivity index is 1.74. The van der Waals surface area contributed by atoms with Crippen LogP contribution in [0.1, 0.15) is 16.7 Å². The number of carbonyl (C=O) groups excluding carboxylic acids is 1. The number of urea groups is 1. The number of nitrogens with one attached hydrogen (secondary N) is 1. The molecule has 3 aromatic carbocycles. The summed E-state index contributed by atoms with van der Waals surface area (Å²) in [6.07, 6.45) is -0.663. The molecule has 0 atom stereocenters. The van der Waals surface area contributed by atoms with Crippen LogP contribution in [-0.2, 0) is 6.18 Å². The van der Waals surface area contributed by atoms with Crippen molar-refractivity contribution in [1.82, 2.24) is 0 Å². The summed E-state index contributed by atoms with van der Waals surface area (Å²) < 4.78 is 38.9. The molecule has 1 heterocycles. The number of nitrogens with zero attached hydrogens (tertiary/aromatic N) is 1. The lowest BCUT2D eigenvalue weighted by atomic mass is 10.1. The number of alkyl halides is 3. The Morgan fingerprint density at radius 1 is 0.786 bits per heavy atom. The van der Waals surface area contributed by atoms with Crippen LogP contribution >= 0.6 is 0 Å². The fraction of sp³-hybridized carbons (Fsp3) is 0.0455. The predicted molar refractivity (Wildman–Crippen MR) is 104 cm³/mol. The van der Waals surface area contributed by atoms with Crippen molar-refractivity contribution >= 4 is 35.2 Å². The Bertz CT molecular complexity index is 1020. The van der Waals surface area contributed by atoms with Crippen LogP contribution in [0.4, 0.5) is 35.0 Å². The molecule has 0 unspecified atom stereocenters. The third-order valence-electron chi connectivity index (χ3n) is 4.44. The van der Waals surface area contributed by atoms with Gasteiger partial charge in [-0.25, -0.2) is 4.79 Å². The molecule has 4 rings (SSSR count). The third-order valence-corrected chi connectivity index (χ3v) is 4.44. The fourth-order valence-corrected chi connectivity index (χ4v) is 3.14. The Labute approximate surface area is 159 Å². The van der Waals surface area contributed by atoms with Crippen molar-refractivity contribution in [2.24, 2.45) is 0 Å². The molecule has 1 aliphatic heterocycles. The van der Waals surface area contributed by atoms with Crippen molar-refractivity contribution in [1.29, 1.82) is 0 Å². The number of fused-ring (bicyclic) bond motifs is 2.